The summed E-state index contributed by atoms with van der Waals surface area (Å²) in [6, 6.07) is 12.0. The molecule has 10 heteroatoms. The van der Waals surface area contributed by atoms with E-state index in [4.69, 9.17) is 9.47 Å². The summed E-state index contributed by atoms with van der Waals surface area (Å²) in [5, 5.41) is 3.17. The lowest BCUT2D eigenvalue weighted by molar-refractivity contribution is 0.0527. The number of anilines is 2. The number of carbonyl (C=O) groups excluding carboxylic acids is 2. The van der Waals surface area contributed by atoms with Gasteiger partial charge in [-0.1, -0.05) is 0 Å². The zero-order valence-corrected chi connectivity index (χ0v) is 20.2. The summed E-state index contributed by atoms with van der Waals surface area (Å²) >= 11 is 1.30. The third-order valence-electron chi connectivity index (χ3n) is 4.86. The van der Waals surface area contributed by atoms with Gasteiger partial charge in [0.2, 0.25) is 0 Å². The second-order valence-electron chi connectivity index (χ2n) is 7.02. The largest absolute Gasteiger partial charge is 0.497 e. The summed E-state index contributed by atoms with van der Waals surface area (Å²) in [6.45, 7) is 5.61. The number of ether oxygens (including phenoxy) is 2. The van der Waals surface area contributed by atoms with E-state index in [1.807, 2.05) is 6.92 Å². The minimum atomic E-state index is -3.80. The van der Waals surface area contributed by atoms with Crippen molar-refractivity contribution in [2.75, 3.05) is 23.8 Å². The van der Waals surface area contributed by atoms with Crippen LogP contribution in [0, 0.1) is 13.8 Å². The van der Waals surface area contributed by atoms with Gasteiger partial charge in [-0.15, -0.1) is 11.3 Å². The monoisotopic (exact) mass is 488 g/mol. The van der Waals surface area contributed by atoms with Crippen LogP contribution in [0.15, 0.2) is 53.4 Å². The lowest BCUT2D eigenvalue weighted by Crippen LogP contribution is -2.15. The zero-order valence-electron chi connectivity index (χ0n) is 18.6. The Kier molecular flexibility index (Phi) is 7.39. The highest BCUT2D eigenvalue weighted by molar-refractivity contribution is 7.92. The van der Waals surface area contributed by atoms with Gasteiger partial charge < -0.3 is 14.8 Å². The summed E-state index contributed by atoms with van der Waals surface area (Å²) in [6.07, 6.45) is 0. The molecule has 1 heterocycles. The molecule has 0 saturated heterocycles. The fourth-order valence-corrected chi connectivity index (χ4v) is 5.10. The standard InChI is InChI=1S/C23H24N2O6S2/c1-5-31-23(27)20-14(2)15(3)32-22(20)24-21(26)16-6-8-17(9-7-16)25-33(28,29)19-12-10-18(30-4)11-13-19/h6-13,25H,5H2,1-4H3,(H,24,26). The van der Waals surface area contributed by atoms with Gasteiger partial charge in [0.15, 0.2) is 0 Å². The van der Waals surface area contributed by atoms with Crippen molar-refractivity contribution < 1.29 is 27.5 Å². The maximum Gasteiger partial charge on any atom is 0.341 e. The Morgan fingerprint density at radius 2 is 1.64 bits per heavy atom. The maximum absolute atomic E-state index is 12.7. The number of hydrogen-bond donors (Lipinski definition) is 2. The summed E-state index contributed by atoms with van der Waals surface area (Å²) in [5.41, 5.74) is 1.71. The first-order valence-electron chi connectivity index (χ1n) is 10.0. The third-order valence-corrected chi connectivity index (χ3v) is 7.38. The van der Waals surface area contributed by atoms with Crippen LogP contribution in [0.1, 0.15) is 38.1 Å². The molecule has 1 aromatic heterocycles. The van der Waals surface area contributed by atoms with Crippen molar-refractivity contribution in [3.63, 3.8) is 0 Å². The average molecular weight is 489 g/mol. The topological polar surface area (TPSA) is 111 Å². The molecule has 0 atom stereocenters. The van der Waals surface area contributed by atoms with Crippen molar-refractivity contribution in [1.29, 1.82) is 0 Å². The Balaban J connectivity index is 1.74. The molecule has 8 nitrogen and oxygen atoms in total. The lowest BCUT2D eigenvalue weighted by Gasteiger charge is -2.10. The van der Waals surface area contributed by atoms with Gasteiger partial charge in [0, 0.05) is 16.1 Å². The molecule has 0 saturated carbocycles. The Morgan fingerprint density at radius 3 is 2.21 bits per heavy atom. The van der Waals surface area contributed by atoms with Crippen molar-refractivity contribution in [1.82, 2.24) is 0 Å². The maximum atomic E-state index is 12.7. The number of rotatable bonds is 8. The highest BCUT2D eigenvalue weighted by atomic mass is 32.2. The van der Waals surface area contributed by atoms with Crippen molar-refractivity contribution in [3.8, 4) is 5.75 Å². The molecule has 2 N–H and O–H groups in total. The summed E-state index contributed by atoms with van der Waals surface area (Å²) in [4.78, 5) is 26.0. The fraction of sp³-hybridized carbons (Fsp3) is 0.217. The normalized spacial score (nSPS) is 11.0. The first-order valence-corrected chi connectivity index (χ1v) is 12.3. The molecule has 174 valence electrons. The summed E-state index contributed by atoms with van der Waals surface area (Å²) in [5.74, 6) is -0.365. The second kappa shape index (κ2) is 10.1. The van der Waals surface area contributed by atoms with Gasteiger partial charge >= 0.3 is 5.97 Å². The number of nitrogens with one attached hydrogen (secondary N) is 2. The summed E-state index contributed by atoms with van der Waals surface area (Å²) < 4.78 is 37.8. The molecule has 0 unspecified atom stereocenters. The van der Waals surface area contributed by atoms with Crippen LogP contribution in [-0.4, -0.2) is 34.0 Å². The number of thiophene rings is 1. The fourth-order valence-electron chi connectivity index (χ4n) is 3.00. The molecule has 0 aliphatic carbocycles. The highest BCUT2D eigenvalue weighted by Crippen LogP contribution is 2.33. The van der Waals surface area contributed by atoms with Crippen LogP contribution >= 0.6 is 11.3 Å². The number of amides is 1. The Bertz CT molecular complexity index is 1260. The van der Waals surface area contributed by atoms with Crippen LogP contribution in [-0.2, 0) is 14.8 Å². The van der Waals surface area contributed by atoms with Crippen LogP contribution in [0.5, 0.6) is 5.75 Å². The van der Waals surface area contributed by atoms with E-state index in [0.29, 0.717) is 27.6 Å². The van der Waals surface area contributed by atoms with Gasteiger partial charge in [-0.2, -0.15) is 0 Å². The smallest absolute Gasteiger partial charge is 0.341 e. The van der Waals surface area contributed by atoms with Crippen LogP contribution in [0.2, 0.25) is 0 Å². The minimum Gasteiger partial charge on any atom is -0.497 e. The van der Waals surface area contributed by atoms with Gasteiger partial charge in [-0.3, -0.25) is 9.52 Å². The molecular weight excluding hydrogens is 464 g/mol. The van der Waals surface area contributed by atoms with E-state index in [1.165, 1.54) is 54.8 Å². The highest BCUT2D eigenvalue weighted by Gasteiger charge is 2.22. The van der Waals surface area contributed by atoms with Crippen molar-refractivity contribution in [3.05, 3.63) is 70.1 Å². The number of esters is 1. The molecule has 2 aromatic carbocycles. The van der Waals surface area contributed by atoms with E-state index in [9.17, 15) is 18.0 Å². The van der Waals surface area contributed by atoms with E-state index >= 15 is 0 Å². The van der Waals surface area contributed by atoms with E-state index < -0.39 is 21.9 Å². The predicted molar refractivity (Wildman–Crippen MR) is 128 cm³/mol. The number of benzene rings is 2. The number of carbonyl (C=O) groups is 2. The van der Waals surface area contributed by atoms with Gasteiger partial charge in [0.25, 0.3) is 15.9 Å². The number of aryl methyl sites for hydroxylation is 1. The predicted octanol–water partition coefficient (Wildman–Crippen LogP) is 4.60. The molecule has 33 heavy (non-hydrogen) atoms. The minimum absolute atomic E-state index is 0.0834. The first kappa shape index (κ1) is 24.3. The first-order chi connectivity index (χ1) is 15.7. The molecular formula is C23H24N2O6S2. The molecule has 0 radical (unpaired) electrons. The zero-order chi connectivity index (χ0) is 24.2. The molecule has 3 rings (SSSR count). The van der Waals surface area contributed by atoms with E-state index in [-0.39, 0.29) is 11.5 Å². The molecule has 0 bridgehead atoms. The molecule has 0 spiro atoms. The van der Waals surface area contributed by atoms with Crippen molar-refractivity contribution >= 4 is 43.9 Å². The number of sulfonamides is 1. The Morgan fingerprint density at radius 1 is 1.00 bits per heavy atom. The van der Waals surface area contributed by atoms with E-state index in [2.05, 4.69) is 10.0 Å². The van der Waals surface area contributed by atoms with Gasteiger partial charge in [0.1, 0.15) is 10.8 Å². The van der Waals surface area contributed by atoms with Crippen LogP contribution in [0.3, 0.4) is 0 Å². The second-order valence-corrected chi connectivity index (χ2v) is 9.93. The Hall–Kier alpha value is -3.37. The van der Waals surface area contributed by atoms with Crippen LogP contribution in [0.25, 0.3) is 0 Å². The summed E-state index contributed by atoms with van der Waals surface area (Å²) in [7, 11) is -2.30. The average Bonchev–Trinajstić information content (AvgIpc) is 3.07. The van der Waals surface area contributed by atoms with Gasteiger partial charge in [-0.05, 0) is 74.9 Å². The lowest BCUT2D eigenvalue weighted by atomic mass is 10.1. The third kappa shape index (κ3) is 5.52. The van der Waals surface area contributed by atoms with E-state index in [0.717, 1.165) is 10.4 Å². The van der Waals surface area contributed by atoms with Crippen LogP contribution in [0.4, 0.5) is 10.7 Å². The van der Waals surface area contributed by atoms with Gasteiger partial charge in [0.05, 0.1) is 24.2 Å². The van der Waals surface area contributed by atoms with Crippen molar-refractivity contribution in [2.45, 2.75) is 25.7 Å². The molecule has 0 fully saturated rings. The molecule has 1 amide bonds. The van der Waals surface area contributed by atoms with E-state index in [1.54, 1.807) is 26.0 Å². The molecule has 0 aliphatic heterocycles. The number of methoxy groups -OCH3 is 1. The quantitative estimate of drug-likeness (QED) is 0.448. The van der Waals surface area contributed by atoms with Crippen LogP contribution < -0.4 is 14.8 Å². The van der Waals surface area contributed by atoms with Crippen molar-refractivity contribution in [2.24, 2.45) is 0 Å². The Labute approximate surface area is 196 Å². The SMILES string of the molecule is CCOC(=O)c1c(NC(=O)c2ccc(NS(=O)(=O)c3ccc(OC)cc3)cc2)sc(C)c1C. The number of hydrogen-bond acceptors (Lipinski definition) is 7. The van der Waals surface area contributed by atoms with Gasteiger partial charge in [-0.25, -0.2) is 13.2 Å². The molecule has 0 aliphatic rings. The molecule has 3 aromatic rings.